The van der Waals surface area contributed by atoms with E-state index in [1.54, 1.807) is 24.3 Å². The van der Waals surface area contributed by atoms with Crippen molar-refractivity contribution in [3.05, 3.63) is 48.0 Å². The Balaban J connectivity index is 2.03. The fourth-order valence-corrected chi connectivity index (χ4v) is 4.29. The second kappa shape index (κ2) is 5.70. The minimum atomic E-state index is -3.71. The topological polar surface area (TPSA) is 70.9 Å². The summed E-state index contributed by atoms with van der Waals surface area (Å²) in [5, 5.41) is 0.564. The highest BCUT2D eigenvalue weighted by Crippen LogP contribution is 2.38. The van der Waals surface area contributed by atoms with Crippen LogP contribution in [0.15, 0.2) is 56.1 Å². The van der Waals surface area contributed by atoms with Crippen LogP contribution in [0.3, 0.4) is 0 Å². The molecule has 108 valence electrons. The third-order valence-electron chi connectivity index (χ3n) is 2.94. The zero-order valence-electron chi connectivity index (χ0n) is 10.7. The monoisotopic (exact) mass is 383 g/mol. The maximum atomic E-state index is 12.6. The molecule has 3 rings (SSSR count). The molecular weight excluding hydrogens is 374 g/mol. The standard InChI is InChI=1S/C13H10BrN3O2S2/c14-8-9-4-1-2-5-10(9)17-21(18,19)12-7-3-6-11-13(12)16-20-15-11/h1-7,17H,8H2. The molecule has 1 aliphatic rings. The molecule has 5 nitrogen and oxygen atoms in total. The van der Waals surface area contributed by atoms with Gasteiger partial charge in [0.15, 0.2) is 0 Å². The number of anilines is 1. The van der Waals surface area contributed by atoms with Crippen LogP contribution in [0, 0.1) is 0 Å². The molecule has 0 fully saturated rings. The van der Waals surface area contributed by atoms with Crippen molar-refractivity contribution in [3.63, 3.8) is 0 Å². The third kappa shape index (κ3) is 2.78. The normalized spacial score (nSPS) is 12.8. The van der Waals surface area contributed by atoms with Crippen LogP contribution in [0.2, 0.25) is 0 Å². The lowest BCUT2D eigenvalue weighted by Crippen LogP contribution is -2.14. The van der Waals surface area contributed by atoms with E-state index in [-0.39, 0.29) is 4.90 Å². The van der Waals surface area contributed by atoms with E-state index in [2.05, 4.69) is 29.4 Å². The maximum Gasteiger partial charge on any atom is 0.264 e. The predicted molar refractivity (Wildman–Crippen MR) is 87.9 cm³/mol. The summed E-state index contributed by atoms with van der Waals surface area (Å²) in [7, 11) is -3.71. The Hall–Kier alpha value is -1.51. The summed E-state index contributed by atoms with van der Waals surface area (Å²) in [6.07, 6.45) is 0. The van der Waals surface area contributed by atoms with E-state index in [0.29, 0.717) is 22.4 Å². The van der Waals surface area contributed by atoms with Crippen molar-refractivity contribution in [2.75, 3.05) is 4.72 Å². The Labute approximate surface area is 134 Å². The summed E-state index contributed by atoms with van der Waals surface area (Å²) in [5.41, 5.74) is 2.39. The molecule has 0 saturated carbocycles. The summed E-state index contributed by atoms with van der Waals surface area (Å²) >= 11 is 4.35. The van der Waals surface area contributed by atoms with Gasteiger partial charge in [-0.2, -0.15) is 8.73 Å². The fraction of sp³-hybridized carbons (Fsp3) is 0.0769. The summed E-state index contributed by atoms with van der Waals surface area (Å²) in [6, 6.07) is 12.2. The van der Waals surface area contributed by atoms with E-state index < -0.39 is 10.0 Å². The van der Waals surface area contributed by atoms with Crippen LogP contribution in [0.5, 0.6) is 0 Å². The van der Waals surface area contributed by atoms with Crippen molar-refractivity contribution in [1.82, 2.24) is 0 Å². The molecule has 0 unspecified atom stereocenters. The highest BCUT2D eigenvalue weighted by Gasteiger charge is 2.23. The number of alkyl halides is 1. The molecule has 0 spiro atoms. The smallest absolute Gasteiger partial charge is 0.264 e. The van der Waals surface area contributed by atoms with Gasteiger partial charge in [-0.3, -0.25) is 4.72 Å². The highest BCUT2D eigenvalue weighted by molar-refractivity contribution is 9.08. The first-order chi connectivity index (χ1) is 10.1. The molecule has 2 aromatic carbocycles. The molecule has 0 aliphatic carbocycles. The lowest BCUT2D eigenvalue weighted by atomic mass is 10.2. The first-order valence-corrected chi connectivity index (χ1v) is 9.33. The fourth-order valence-electron chi connectivity index (χ4n) is 1.93. The lowest BCUT2D eigenvalue weighted by Gasteiger charge is -2.12. The molecule has 21 heavy (non-hydrogen) atoms. The van der Waals surface area contributed by atoms with Gasteiger partial charge in [-0.05, 0) is 23.8 Å². The highest BCUT2D eigenvalue weighted by atomic mass is 79.9. The summed E-state index contributed by atoms with van der Waals surface area (Å²) in [4.78, 5) is 0.137. The summed E-state index contributed by atoms with van der Waals surface area (Å²) in [6.45, 7) is 0. The van der Waals surface area contributed by atoms with Crippen LogP contribution in [-0.4, -0.2) is 8.42 Å². The summed E-state index contributed by atoms with van der Waals surface area (Å²) < 4.78 is 35.9. The van der Waals surface area contributed by atoms with Crippen molar-refractivity contribution < 1.29 is 8.42 Å². The Bertz CT molecular complexity index is 875. The number of sulfonamides is 1. The van der Waals surface area contributed by atoms with Crippen LogP contribution in [0.25, 0.3) is 0 Å². The average molecular weight is 384 g/mol. The number of hydrogen-bond acceptors (Lipinski definition) is 4. The number of fused-ring (bicyclic) bond motifs is 1. The van der Waals surface area contributed by atoms with Crippen molar-refractivity contribution >= 4 is 54.4 Å². The van der Waals surface area contributed by atoms with Gasteiger partial charge in [-0.1, -0.05) is 40.2 Å². The van der Waals surface area contributed by atoms with Gasteiger partial charge >= 0.3 is 0 Å². The number of benzene rings is 2. The maximum absolute atomic E-state index is 12.6. The number of hydrogen-bond donors (Lipinski definition) is 1. The number of nitrogens with one attached hydrogen (secondary N) is 1. The van der Waals surface area contributed by atoms with Gasteiger partial charge in [-0.25, -0.2) is 8.42 Å². The second-order valence-corrected chi connectivity index (χ2v) is 7.02. The molecule has 2 aromatic rings. The van der Waals surface area contributed by atoms with Gasteiger partial charge in [0, 0.05) is 5.33 Å². The zero-order chi connectivity index (χ0) is 14.9. The van der Waals surface area contributed by atoms with Crippen molar-refractivity contribution in [3.8, 4) is 0 Å². The van der Waals surface area contributed by atoms with Gasteiger partial charge in [0.05, 0.1) is 17.0 Å². The van der Waals surface area contributed by atoms with Gasteiger partial charge in [0.2, 0.25) is 0 Å². The molecule has 1 heterocycles. The first kappa shape index (κ1) is 14.4. The van der Waals surface area contributed by atoms with Crippen LogP contribution < -0.4 is 4.72 Å². The molecule has 8 heteroatoms. The zero-order valence-corrected chi connectivity index (χ0v) is 13.9. The minimum absolute atomic E-state index is 0.137. The molecule has 0 atom stereocenters. The van der Waals surface area contributed by atoms with E-state index >= 15 is 0 Å². The molecule has 0 aromatic heterocycles. The van der Waals surface area contributed by atoms with Crippen molar-refractivity contribution in [1.29, 1.82) is 0 Å². The Morgan fingerprint density at radius 3 is 2.71 bits per heavy atom. The molecule has 1 N–H and O–H groups in total. The van der Waals surface area contributed by atoms with Crippen LogP contribution >= 0.6 is 15.9 Å². The molecule has 0 radical (unpaired) electrons. The van der Waals surface area contributed by atoms with Crippen LogP contribution in [-0.2, 0) is 26.7 Å². The Morgan fingerprint density at radius 2 is 1.90 bits per heavy atom. The van der Waals surface area contributed by atoms with Gasteiger partial charge < -0.3 is 0 Å². The third-order valence-corrected chi connectivity index (χ3v) is 5.49. The molecule has 0 saturated heterocycles. The Kier molecular flexibility index (Phi) is 3.92. The first-order valence-electron chi connectivity index (χ1n) is 6.00. The van der Waals surface area contributed by atoms with Crippen molar-refractivity contribution in [2.24, 2.45) is 8.73 Å². The molecular formula is C13H10BrN3O2S2. The van der Waals surface area contributed by atoms with Gasteiger partial charge in [0.25, 0.3) is 10.0 Å². The predicted octanol–water partition coefficient (Wildman–Crippen LogP) is 4.11. The molecule has 1 aliphatic heterocycles. The second-order valence-electron chi connectivity index (χ2n) is 4.28. The molecule has 0 amide bonds. The quantitative estimate of drug-likeness (QED) is 0.688. The van der Waals surface area contributed by atoms with E-state index in [1.807, 2.05) is 12.1 Å². The van der Waals surface area contributed by atoms with Gasteiger partial charge in [0.1, 0.15) is 16.3 Å². The largest absolute Gasteiger partial charge is 0.279 e. The van der Waals surface area contributed by atoms with Gasteiger partial charge in [-0.15, -0.1) is 0 Å². The van der Waals surface area contributed by atoms with Crippen molar-refractivity contribution in [2.45, 2.75) is 10.2 Å². The molecule has 0 bridgehead atoms. The van der Waals surface area contributed by atoms with E-state index in [1.165, 1.54) is 6.07 Å². The van der Waals surface area contributed by atoms with Crippen LogP contribution in [0.1, 0.15) is 5.56 Å². The minimum Gasteiger partial charge on any atom is -0.279 e. The Morgan fingerprint density at radius 1 is 1.10 bits per heavy atom. The average Bonchev–Trinajstić information content (AvgIpc) is 2.95. The van der Waals surface area contributed by atoms with E-state index in [0.717, 1.165) is 16.9 Å². The number of rotatable bonds is 4. The van der Waals surface area contributed by atoms with E-state index in [4.69, 9.17) is 0 Å². The lowest BCUT2D eigenvalue weighted by molar-refractivity contribution is 0.601. The number of nitrogens with zero attached hydrogens (tertiary/aromatic N) is 2. The van der Waals surface area contributed by atoms with Crippen LogP contribution in [0.4, 0.5) is 17.1 Å². The summed E-state index contributed by atoms with van der Waals surface area (Å²) in [5.74, 6) is 0. The number of halogens is 1. The number of para-hydroxylation sites is 1. The SMILES string of the molecule is O=S(=O)(Nc1ccccc1CBr)c1cccc2c1N=S=N2. The van der Waals surface area contributed by atoms with E-state index in [9.17, 15) is 8.42 Å².